The molecule has 0 radical (unpaired) electrons. The minimum atomic E-state index is -1.42. The van der Waals surface area contributed by atoms with Crippen molar-refractivity contribution in [2.24, 2.45) is 10.2 Å². The predicted molar refractivity (Wildman–Crippen MR) is 221 cm³/mol. The van der Waals surface area contributed by atoms with Crippen LogP contribution < -0.4 is 9.47 Å². The molecule has 0 amide bonds. The van der Waals surface area contributed by atoms with Gasteiger partial charge >= 0.3 is 0 Å². The van der Waals surface area contributed by atoms with Crippen LogP contribution in [0.2, 0.25) is 0 Å². The minimum Gasteiger partial charge on any atom is -0.494 e. The summed E-state index contributed by atoms with van der Waals surface area (Å²) in [6.45, 7) is 1.12. The van der Waals surface area contributed by atoms with E-state index in [-0.39, 0.29) is 0 Å². The van der Waals surface area contributed by atoms with Crippen molar-refractivity contribution in [3.05, 3.63) is 48.5 Å². The van der Waals surface area contributed by atoms with Crippen molar-refractivity contribution >= 4 is 11.4 Å². The fourth-order valence-electron chi connectivity index (χ4n) is 7.05. The molecule has 4 rings (SSSR count). The predicted octanol–water partition coefficient (Wildman–Crippen LogP) is 4.73. The van der Waals surface area contributed by atoms with Gasteiger partial charge in [-0.2, -0.15) is 10.2 Å². The van der Waals surface area contributed by atoms with E-state index in [1.54, 1.807) is 0 Å². The Morgan fingerprint density at radius 2 is 0.683 bits per heavy atom. The van der Waals surface area contributed by atoms with Crippen molar-refractivity contribution in [1.82, 2.24) is 0 Å². The monoisotopic (exact) mass is 850 g/mol. The third-order valence-electron chi connectivity index (χ3n) is 10.8. The molecule has 2 fully saturated rings. The zero-order valence-electron chi connectivity index (χ0n) is 34.9. The summed E-state index contributed by atoms with van der Waals surface area (Å²) >= 11 is 0. The molecule has 0 spiro atoms. The fraction of sp³-hybridized carbons (Fsp3) is 0.727. The highest BCUT2D eigenvalue weighted by atomic mass is 16.7. The van der Waals surface area contributed by atoms with Gasteiger partial charge in [-0.25, -0.2) is 0 Å². The van der Waals surface area contributed by atoms with Crippen LogP contribution in [0.1, 0.15) is 103 Å². The maximum absolute atomic E-state index is 10.0. The average Bonchev–Trinajstić information content (AvgIpc) is 3.27. The molecule has 0 saturated carbocycles. The van der Waals surface area contributed by atoms with Crippen molar-refractivity contribution in [3.63, 3.8) is 0 Å². The lowest BCUT2D eigenvalue weighted by Gasteiger charge is -2.39. The van der Waals surface area contributed by atoms with E-state index in [1.165, 1.54) is 0 Å². The van der Waals surface area contributed by atoms with Gasteiger partial charge in [-0.1, -0.05) is 77.0 Å². The molecule has 2 saturated heterocycles. The summed E-state index contributed by atoms with van der Waals surface area (Å²) in [4.78, 5) is 0. The normalized spacial score (nSPS) is 27.1. The zero-order valence-corrected chi connectivity index (χ0v) is 34.9. The van der Waals surface area contributed by atoms with Gasteiger partial charge in [0.05, 0.1) is 37.8 Å². The van der Waals surface area contributed by atoms with E-state index in [0.717, 1.165) is 126 Å². The maximum Gasteiger partial charge on any atom is 0.186 e. The van der Waals surface area contributed by atoms with Crippen molar-refractivity contribution in [2.75, 3.05) is 39.6 Å². The molecule has 0 unspecified atom stereocenters. The topological polar surface area (TPSA) is 242 Å². The Morgan fingerprint density at radius 3 is 1.00 bits per heavy atom. The van der Waals surface area contributed by atoms with E-state index < -0.39 is 74.6 Å². The number of rotatable bonds is 30. The van der Waals surface area contributed by atoms with Gasteiger partial charge in [-0.15, -0.1) is 0 Å². The van der Waals surface area contributed by atoms with E-state index >= 15 is 0 Å². The molecule has 8 N–H and O–H groups in total. The first kappa shape index (κ1) is 49.8. The summed E-state index contributed by atoms with van der Waals surface area (Å²) in [6.07, 6.45) is 4.37. The summed E-state index contributed by atoms with van der Waals surface area (Å²) < 4.78 is 33.6. The second kappa shape index (κ2) is 28.7. The molecule has 2 aromatic carbocycles. The lowest BCUT2D eigenvalue weighted by molar-refractivity contribution is -0.301. The number of hydrogen-bond donors (Lipinski definition) is 8. The smallest absolute Gasteiger partial charge is 0.186 e. The Morgan fingerprint density at radius 1 is 0.383 bits per heavy atom. The second-order valence-electron chi connectivity index (χ2n) is 15.7. The van der Waals surface area contributed by atoms with Crippen LogP contribution in [0, 0.1) is 0 Å². The Kier molecular flexibility index (Phi) is 23.8. The third kappa shape index (κ3) is 17.5. The third-order valence-corrected chi connectivity index (χ3v) is 10.8. The van der Waals surface area contributed by atoms with Crippen LogP contribution in [0.25, 0.3) is 0 Å². The van der Waals surface area contributed by atoms with Gasteiger partial charge in [0.15, 0.2) is 12.6 Å². The fourth-order valence-corrected chi connectivity index (χ4v) is 7.05. The molecule has 340 valence electrons. The number of aliphatic hydroxyl groups is 8. The van der Waals surface area contributed by atoms with Crippen LogP contribution in [0.4, 0.5) is 11.4 Å². The lowest BCUT2D eigenvalue weighted by Crippen LogP contribution is -2.59. The molecule has 10 atom stereocenters. The molecule has 16 heteroatoms. The molecule has 60 heavy (non-hydrogen) atoms. The van der Waals surface area contributed by atoms with Crippen LogP contribution in [-0.2, 0) is 18.9 Å². The molecule has 2 aromatic rings. The quantitative estimate of drug-likeness (QED) is 0.0392. The zero-order chi connectivity index (χ0) is 43.0. The number of hydrogen-bond acceptors (Lipinski definition) is 16. The Bertz CT molecular complexity index is 1310. The van der Waals surface area contributed by atoms with E-state index in [1.807, 2.05) is 48.5 Å². The van der Waals surface area contributed by atoms with Crippen LogP contribution in [0.3, 0.4) is 0 Å². The second-order valence-corrected chi connectivity index (χ2v) is 15.7. The highest BCUT2D eigenvalue weighted by Gasteiger charge is 2.45. The molecule has 16 nitrogen and oxygen atoms in total. The summed E-state index contributed by atoms with van der Waals surface area (Å²) in [6, 6.07) is 15.2. The van der Waals surface area contributed by atoms with Gasteiger partial charge in [0.25, 0.3) is 0 Å². The first-order valence-electron chi connectivity index (χ1n) is 21.9. The van der Waals surface area contributed by atoms with E-state index in [0.29, 0.717) is 26.4 Å². The molecule has 2 heterocycles. The van der Waals surface area contributed by atoms with Gasteiger partial charge in [0, 0.05) is 13.2 Å². The Hall–Kier alpha value is -2.84. The van der Waals surface area contributed by atoms with Crippen molar-refractivity contribution in [1.29, 1.82) is 0 Å². The van der Waals surface area contributed by atoms with Crippen LogP contribution in [0.5, 0.6) is 11.5 Å². The van der Waals surface area contributed by atoms with Crippen LogP contribution >= 0.6 is 0 Å². The Labute approximate surface area is 354 Å². The molecular weight excluding hydrogens is 780 g/mol. The molecular formula is C44H70N2O14. The highest BCUT2D eigenvalue weighted by molar-refractivity contribution is 5.44. The maximum atomic E-state index is 10.0. The first-order valence-corrected chi connectivity index (χ1v) is 21.9. The molecule has 2 aliphatic heterocycles. The van der Waals surface area contributed by atoms with Gasteiger partial charge in [0.2, 0.25) is 0 Å². The van der Waals surface area contributed by atoms with E-state index in [2.05, 4.69) is 10.2 Å². The van der Waals surface area contributed by atoms with Gasteiger partial charge in [0.1, 0.15) is 60.3 Å². The molecule has 0 bridgehead atoms. The van der Waals surface area contributed by atoms with Gasteiger partial charge in [-0.05, 0) is 74.2 Å². The van der Waals surface area contributed by atoms with Gasteiger partial charge < -0.3 is 69.3 Å². The number of nitrogens with zero attached hydrogens (tertiary/aromatic N) is 2. The largest absolute Gasteiger partial charge is 0.494 e. The average molecular weight is 851 g/mol. The highest BCUT2D eigenvalue weighted by Crippen LogP contribution is 2.26. The first-order chi connectivity index (χ1) is 29.2. The van der Waals surface area contributed by atoms with E-state index in [9.17, 15) is 40.9 Å². The number of aliphatic hydroxyl groups excluding tert-OH is 8. The van der Waals surface area contributed by atoms with Crippen molar-refractivity contribution in [3.8, 4) is 11.5 Å². The van der Waals surface area contributed by atoms with Crippen LogP contribution in [-0.4, -0.2) is 142 Å². The van der Waals surface area contributed by atoms with Gasteiger partial charge in [-0.3, -0.25) is 0 Å². The van der Waals surface area contributed by atoms with Crippen molar-refractivity contribution < 1.29 is 69.3 Å². The summed E-state index contributed by atoms with van der Waals surface area (Å²) in [5, 5.41) is 86.7. The van der Waals surface area contributed by atoms with Crippen molar-refractivity contribution in [2.45, 2.75) is 164 Å². The van der Waals surface area contributed by atoms with Crippen LogP contribution in [0.15, 0.2) is 58.8 Å². The standard InChI is InChI=1S/C44H70N2O14/c47-29-35-37(49)39(51)41(53)43(59-35)57-27-15-11-7-3-1-5-9-13-25-55-33-21-17-31(18-22-33)45-46-32-19-23-34(24-20-32)56-26-14-10-6-2-4-8-12-16-28-58-44-42(54)40(52)38(50)36(30-48)60-44/h17-24,35-44,47-54H,1-16,25-30H2/t35-,36-,37-,38-,39+,40+,41-,42-,43-,44-/m1/s1. The minimum absolute atomic E-state index is 0.367. The number of unbranched alkanes of at least 4 members (excludes halogenated alkanes) is 14. The molecule has 0 aromatic heterocycles. The molecule has 0 aliphatic carbocycles. The van der Waals surface area contributed by atoms with E-state index in [4.69, 9.17) is 28.4 Å². The SMILES string of the molecule is OC[C@H]1O[C@@H](OCCCCCCCCCCOc2ccc(N=Nc3ccc(OCCCCCCCCCCO[C@@H]4O[C@H](CO)[C@@H](O)[C@H](O)[C@H]4O)cc3)cc2)[C@H](O)[C@@H](O)[C@@H]1O. The Balaban J connectivity index is 0.927. The lowest BCUT2D eigenvalue weighted by atomic mass is 9.99. The number of benzene rings is 2. The number of ether oxygens (including phenoxy) is 6. The summed E-state index contributed by atoms with van der Waals surface area (Å²) in [5.41, 5.74) is 1.48. The number of azo groups is 1. The summed E-state index contributed by atoms with van der Waals surface area (Å²) in [5.74, 6) is 1.61. The molecule has 2 aliphatic rings. The summed E-state index contributed by atoms with van der Waals surface area (Å²) in [7, 11) is 0.